The van der Waals surface area contributed by atoms with Gasteiger partial charge in [-0.1, -0.05) is 17.2 Å². The summed E-state index contributed by atoms with van der Waals surface area (Å²) in [6, 6.07) is 8.83. The first-order chi connectivity index (χ1) is 11.3. The molecule has 126 valence electrons. The average Bonchev–Trinajstić information content (AvgIpc) is 2.95. The first-order valence-electron chi connectivity index (χ1n) is 7.06. The molecule has 0 unspecified atom stereocenters. The molecular weight excluding hydrogens is 394 g/mol. The minimum absolute atomic E-state index is 0.236. The molecule has 0 aliphatic heterocycles. The predicted octanol–water partition coefficient (Wildman–Crippen LogP) is 2.32. The normalized spacial score (nSPS) is 10.1. The van der Waals surface area contributed by atoms with Crippen LogP contribution in [-0.2, 0) is 4.79 Å². The quantitative estimate of drug-likeness (QED) is 0.677. The van der Waals surface area contributed by atoms with Gasteiger partial charge in [0, 0.05) is 5.56 Å². The minimum Gasteiger partial charge on any atom is -0.343 e. The van der Waals surface area contributed by atoms with Gasteiger partial charge in [-0.15, -0.1) is 11.3 Å². The lowest BCUT2D eigenvalue weighted by Gasteiger charge is -2.08. The maximum atomic E-state index is 12.0. The second kappa shape index (κ2) is 8.07. The summed E-state index contributed by atoms with van der Waals surface area (Å²) in [5, 5.41) is 2.51. The molecule has 0 fully saturated rings. The van der Waals surface area contributed by atoms with Gasteiger partial charge in [0.15, 0.2) is 0 Å². The number of carbonyl (C=O) groups is 3. The van der Waals surface area contributed by atoms with E-state index in [0.29, 0.717) is 10.4 Å². The highest BCUT2D eigenvalue weighted by atomic mass is 79.9. The van der Waals surface area contributed by atoms with Crippen molar-refractivity contribution in [3.05, 3.63) is 55.7 Å². The SMILES string of the molecule is Cc1cc(C)cc(C(=O)NCC(=O)NNC(=O)c2ccc(Br)s2)c1. The summed E-state index contributed by atoms with van der Waals surface area (Å²) in [4.78, 5) is 36.0. The number of hydrazine groups is 1. The van der Waals surface area contributed by atoms with Crippen LogP contribution < -0.4 is 16.2 Å². The predicted molar refractivity (Wildman–Crippen MR) is 95.9 cm³/mol. The van der Waals surface area contributed by atoms with Gasteiger partial charge in [-0.3, -0.25) is 25.2 Å². The van der Waals surface area contributed by atoms with Crippen LogP contribution in [0.2, 0.25) is 0 Å². The number of carbonyl (C=O) groups excluding carboxylic acids is 3. The Balaban J connectivity index is 1.80. The number of amides is 3. The Bertz CT molecular complexity index is 768. The number of rotatable bonds is 4. The zero-order chi connectivity index (χ0) is 17.7. The van der Waals surface area contributed by atoms with Gasteiger partial charge in [0.05, 0.1) is 15.2 Å². The number of thiophene rings is 1. The number of benzene rings is 1. The summed E-state index contributed by atoms with van der Waals surface area (Å²) >= 11 is 4.51. The Labute approximate surface area is 151 Å². The van der Waals surface area contributed by atoms with Crippen LogP contribution in [-0.4, -0.2) is 24.3 Å². The van der Waals surface area contributed by atoms with Crippen LogP contribution in [0.25, 0.3) is 0 Å². The Morgan fingerprint density at radius 1 is 1.00 bits per heavy atom. The fourth-order valence-electron chi connectivity index (χ4n) is 2.04. The van der Waals surface area contributed by atoms with Crippen LogP contribution in [0.15, 0.2) is 34.1 Å². The van der Waals surface area contributed by atoms with Gasteiger partial charge >= 0.3 is 0 Å². The highest BCUT2D eigenvalue weighted by Crippen LogP contribution is 2.21. The molecule has 24 heavy (non-hydrogen) atoms. The Morgan fingerprint density at radius 3 is 2.25 bits per heavy atom. The molecule has 2 aromatic rings. The molecule has 0 radical (unpaired) electrons. The van der Waals surface area contributed by atoms with Gasteiger partial charge in [-0.05, 0) is 54.0 Å². The van der Waals surface area contributed by atoms with Crippen molar-refractivity contribution in [2.45, 2.75) is 13.8 Å². The molecule has 0 spiro atoms. The lowest BCUT2D eigenvalue weighted by Crippen LogP contribution is -2.46. The summed E-state index contributed by atoms with van der Waals surface area (Å²) in [6.07, 6.45) is 0. The molecule has 2 rings (SSSR count). The standard InChI is InChI=1S/C16H16BrN3O3S/c1-9-5-10(2)7-11(6-9)15(22)18-8-14(21)19-20-16(23)12-3-4-13(17)24-12/h3-7H,8H2,1-2H3,(H,18,22)(H,19,21)(H,20,23). The van der Waals surface area contributed by atoms with Crippen molar-refractivity contribution in [1.82, 2.24) is 16.2 Å². The third-order valence-corrected chi connectivity index (χ3v) is 4.63. The molecule has 1 heterocycles. The molecule has 1 aromatic heterocycles. The molecule has 1 aromatic carbocycles. The van der Waals surface area contributed by atoms with Crippen LogP contribution in [0.5, 0.6) is 0 Å². The fraction of sp³-hybridized carbons (Fsp3) is 0.188. The third-order valence-electron chi connectivity index (χ3n) is 3.01. The molecule has 0 saturated carbocycles. The van der Waals surface area contributed by atoms with E-state index < -0.39 is 11.8 Å². The number of halogens is 1. The molecule has 0 aliphatic rings. The summed E-state index contributed by atoms with van der Waals surface area (Å²) in [5.41, 5.74) is 6.99. The monoisotopic (exact) mass is 409 g/mol. The van der Waals surface area contributed by atoms with Gasteiger partial charge in [0.2, 0.25) is 0 Å². The van der Waals surface area contributed by atoms with E-state index in [1.165, 1.54) is 11.3 Å². The Hall–Kier alpha value is -2.19. The van der Waals surface area contributed by atoms with Crippen molar-refractivity contribution < 1.29 is 14.4 Å². The van der Waals surface area contributed by atoms with Gasteiger partial charge in [0.25, 0.3) is 17.7 Å². The largest absolute Gasteiger partial charge is 0.343 e. The van der Waals surface area contributed by atoms with E-state index in [1.54, 1.807) is 24.3 Å². The molecule has 3 amide bonds. The van der Waals surface area contributed by atoms with E-state index >= 15 is 0 Å². The summed E-state index contributed by atoms with van der Waals surface area (Å²) in [5.74, 6) is -1.28. The zero-order valence-electron chi connectivity index (χ0n) is 13.1. The topological polar surface area (TPSA) is 87.3 Å². The fourth-order valence-corrected chi connectivity index (χ4v) is 3.32. The summed E-state index contributed by atoms with van der Waals surface area (Å²) in [7, 11) is 0. The van der Waals surface area contributed by atoms with Crippen LogP contribution >= 0.6 is 27.3 Å². The summed E-state index contributed by atoms with van der Waals surface area (Å²) in [6.45, 7) is 3.56. The van der Waals surface area contributed by atoms with E-state index in [4.69, 9.17) is 0 Å². The van der Waals surface area contributed by atoms with Gasteiger partial charge < -0.3 is 5.32 Å². The van der Waals surface area contributed by atoms with E-state index in [2.05, 4.69) is 32.1 Å². The molecular formula is C16H16BrN3O3S. The van der Waals surface area contributed by atoms with E-state index in [0.717, 1.165) is 14.9 Å². The number of aryl methyl sites for hydroxylation is 2. The van der Waals surface area contributed by atoms with Crippen molar-refractivity contribution in [3.8, 4) is 0 Å². The second-order valence-corrected chi connectivity index (χ2v) is 7.63. The van der Waals surface area contributed by atoms with Crippen molar-refractivity contribution >= 4 is 45.0 Å². The minimum atomic E-state index is -0.517. The number of hydrogen-bond acceptors (Lipinski definition) is 4. The maximum Gasteiger partial charge on any atom is 0.279 e. The van der Waals surface area contributed by atoms with Crippen LogP contribution in [0.1, 0.15) is 31.2 Å². The molecule has 0 saturated heterocycles. The highest BCUT2D eigenvalue weighted by molar-refractivity contribution is 9.11. The lowest BCUT2D eigenvalue weighted by molar-refractivity contribution is -0.120. The number of nitrogens with one attached hydrogen (secondary N) is 3. The highest BCUT2D eigenvalue weighted by Gasteiger charge is 2.11. The number of hydrogen-bond donors (Lipinski definition) is 3. The van der Waals surface area contributed by atoms with Crippen LogP contribution in [0.4, 0.5) is 0 Å². The van der Waals surface area contributed by atoms with Gasteiger partial charge in [-0.25, -0.2) is 0 Å². The Morgan fingerprint density at radius 2 is 1.67 bits per heavy atom. The Kier molecular flexibility index (Phi) is 6.10. The molecule has 0 atom stereocenters. The second-order valence-electron chi connectivity index (χ2n) is 5.17. The summed E-state index contributed by atoms with van der Waals surface area (Å²) < 4.78 is 0.819. The van der Waals surface area contributed by atoms with Gasteiger partial charge in [0.1, 0.15) is 0 Å². The van der Waals surface area contributed by atoms with Crippen molar-refractivity contribution in [1.29, 1.82) is 0 Å². The van der Waals surface area contributed by atoms with Crippen molar-refractivity contribution in [2.75, 3.05) is 6.54 Å². The zero-order valence-corrected chi connectivity index (χ0v) is 15.5. The van der Waals surface area contributed by atoms with Crippen molar-refractivity contribution in [3.63, 3.8) is 0 Å². The first kappa shape index (κ1) is 18.2. The van der Waals surface area contributed by atoms with E-state index in [9.17, 15) is 14.4 Å². The lowest BCUT2D eigenvalue weighted by atomic mass is 10.1. The molecule has 6 nitrogen and oxygen atoms in total. The van der Waals surface area contributed by atoms with Crippen molar-refractivity contribution in [2.24, 2.45) is 0 Å². The maximum absolute atomic E-state index is 12.0. The molecule has 0 bridgehead atoms. The van der Waals surface area contributed by atoms with E-state index in [-0.39, 0.29) is 12.5 Å². The molecule has 3 N–H and O–H groups in total. The van der Waals surface area contributed by atoms with E-state index in [1.807, 2.05) is 19.9 Å². The van der Waals surface area contributed by atoms with Crippen LogP contribution in [0, 0.1) is 13.8 Å². The first-order valence-corrected chi connectivity index (χ1v) is 8.67. The third kappa shape index (κ3) is 5.17. The van der Waals surface area contributed by atoms with Crippen LogP contribution in [0.3, 0.4) is 0 Å². The average molecular weight is 410 g/mol. The molecule has 0 aliphatic carbocycles. The molecule has 8 heteroatoms. The van der Waals surface area contributed by atoms with Gasteiger partial charge in [-0.2, -0.15) is 0 Å². The smallest absolute Gasteiger partial charge is 0.279 e.